The molecule has 2 N–H and O–H groups in total. The summed E-state index contributed by atoms with van der Waals surface area (Å²) in [7, 11) is 0. The Morgan fingerprint density at radius 2 is 1.92 bits per heavy atom. The second-order valence-electron chi connectivity index (χ2n) is 5.73. The normalized spacial score (nSPS) is 16.5. The van der Waals surface area contributed by atoms with Crippen LogP contribution in [0.2, 0.25) is 0 Å². The highest BCUT2D eigenvalue weighted by atomic mass is 32.1. The van der Waals surface area contributed by atoms with Crippen molar-refractivity contribution in [1.29, 1.82) is 0 Å². The number of benzene rings is 1. The summed E-state index contributed by atoms with van der Waals surface area (Å²) in [6.45, 7) is 4.44. The number of ether oxygens (including phenoxy) is 1. The van der Waals surface area contributed by atoms with E-state index in [1.807, 2.05) is 30.3 Å². The Labute approximate surface area is 146 Å². The lowest BCUT2D eigenvalue weighted by atomic mass is 10.2. The van der Waals surface area contributed by atoms with E-state index in [1.165, 1.54) is 4.88 Å². The van der Waals surface area contributed by atoms with Gasteiger partial charge in [0, 0.05) is 31.1 Å². The van der Waals surface area contributed by atoms with Crippen LogP contribution in [0.3, 0.4) is 0 Å². The summed E-state index contributed by atoms with van der Waals surface area (Å²) in [4.78, 5) is 15.8. The minimum absolute atomic E-state index is 0.131. The van der Waals surface area contributed by atoms with E-state index in [2.05, 4.69) is 33.0 Å². The van der Waals surface area contributed by atoms with Crippen molar-refractivity contribution in [3.63, 3.8) is 0 Å². The van der Waals surface area contributed by atoms with Gasteiger partial charge in [0.1, 0.15) is 0 Å². The molecule has 1 aromatic carbocycles. The summed E-state index contributed by atoms with van der Waals surface area (Å²) in [6.07, 6.45) is 0. The minimum Gasteiger partial charge on any atom is -0.379 e. The number of morpholine rings is 1. The van der Waals surface area contributed by atoms with E-state index in [-0.39, 0.29) is 12.1 Å². The van der Waals surface area contributed by atoms with Crippen molar-refractivity contribution in [3.8, 4) is 0 Å². The van der Waals surface area contributed by atoms with E-state index in [0.29, 0.717) is 13.1 Å². The molecule has 1 aliphatic heterocycles. The van der Waals surface area contributed by atoms with Crippen molar-refractivity contribution in [2.75, 3.05) is 32.8 Å². The second-order valence-corrected chi connectivity index (χ2v) is 6.71. The Hall–Kier alpha value is -1.89. The molecule has 0 saturated carbocycles. The van der Waals surface area contributed by atoms with Gasteiger partial charge in [-0.25, -0.2) is 4.79 Å². The number of amides is 2. The molecule has 0 spiro atoms. The van der Waals surface area contributed by atoms with Crippen LogP contribution in [0.5, 0.6) is 0 Å². The number of carbonyl (C=O) groups is 1. The minimum atomic E-state index is -0.131. The first-order valence-electron chi connectivity index (χ1n) is 8.24. The third-order valence-corrected chi connectivity index (χ3v) is 5.08. The van der Waals surface area contributed by atoms with Crippen LogP contribution in [0, 0.1) is 0 Å². The molecular weight excluding hydrogens is 322 g/mol. The van der Waals surface area contributed by atoms with Crippen LogP contribution in [-0.2, 0) is 11.3 Å². The first-order valence-corrected chi connectivity index (χ1v) is 9.12. The zero-order valence-electron chi connectivity index (χ0n) is 13.6. The number of carbonyl (C=O) groups excluding carboxylic acids is 1. The predicted molar refractivity (Wildman–Crippen MR) is 96.1 cm³/mol. The average molecular weight is 345 g/mol. The van der Waals surface area contributed by atoms with Crippen molar-refractivity contribution in [2.45, 2.75) is 12.6 Å². The molecule has 1 atom stereocenters. The number of nitrogens with zero attached hydrogens (tertiary/aromatic N) is 1. The third kappa shape index (κ3) is 4.80. The van der Waals surface area contributed by atoms with Gasteiger partial charge in [-0.05, 0) is 17.0 Å². The molecule has 1 unspecified atom stereocenters. The van der Waals surface area contributed by atoms with E-state index in [4.69, 9.17) is 4.74 Å². The van der Waals surface area contributed by atoms with E-state index < -0.39 is 0 Å². The lowest BCUT2D eigenvalue weighted by Gasteiger charge is -2.34. The Morgan fingerprint density at radius 1 is 1.12 bits per heavy atom. The van der Waals surface area contributed by atoms with E-state index in [1.54, 1.807) is 11.3 Å². The van der Waals surface area contributed by atoms with Crippen LogP contribution in [0.1, 0.15) is 16.5 Å². The van der Waals surface area contributed by atoms with Gasteiger partial charge in [0.15, 0.2) is 0 Å². The van der Waals surface area contributed by atoms with Gasteiger partial charge in [-0.15, -0.1) is 11.3 Å². The van der Waals surface area contributed by atoms with E-state index in [9.17, 15) is 4.79 Å². The second kappa shape index (κ2) is 8.82. The van der Waals surface area contributed by atoms with E-state index >= 15 is 0 Å². The molecule has 0 bridgehead atoms. The molecule has 2 amide bonds. The molecule has 24 heavy (non-hydrogen) atoms. The molecule has 2 aromatic rings. The zero-order chi connectivity index (χ0) is 16.6. The van der Waals surface area contributed by atoms with Crippen molar-refractivity contribution < 1.29 is 9.53 Å². The fourth-order valence-corrected chi connectivity index (χ4v) is 3.67. The highest BCUT2D eigenvalue weighted by Gasteiger charge is 2.23. The highest BCUT2D eigenvalue weighted by molar-refractivity contribution is 7.10. The van der Waals surface area contributed by atoms with Gasteiger partial charge in [0.05, 0.1) is 19.3 Å². The largest absolute Gasteiger partial charge is 0.379 e. The number of nitrogens with one attached hydrogen (secondary N) is 2. The van der Waals surface area contributed by atoms with Gasteiger partial charge in [0.2, 0.25) is 0 Å². The van der Waals surface area contributed by atoms with Crippen LogP contribution in [0.15, 0.2) is 47.8 Å². The first-order chi connectivity index (χ1) is 11.8. The third-order valence-electron chi connectivity index (χ3n) is 4.11. The first kappa shape index (κ1) is 17.0. The number of hydrogen-bond acceptors (Lipinski definition) is 4. The molecule has 1 aliphatic rings. The maximum atomic E-state index is 12.1. The smallest absolute Gasteiger partial charge is 0.315 e. The summed E-state index contributed by atoms with van der Waals surface area (Å²) >= 11 is 1.73. The van der Waals surface area contributed by atoms with Gasteiger partial charge in [0.25, 0.3) is 0 Å². The Balaban J connectivity index is 1.52. The average Bonchev–Trinajstić information content (AvgIpc) is 3.16. The van der Waals surface area contributed by atoms with Gasteiger partial charge < -0.3 is 15.4 Å². The molecular formula is C18H23N3O2S. The molecule has 0 aliphatic carbocycles. The van der Waals surface area contributed by atoms with Gasteiger partial charge in [-0.3, -0.25) is 4.90 Å². The van der Waals surface area contributed by atoms with Crippen LogP contribution >= 0.6 is 11.3 Å². The van der Waals surface area contributed by atoms with Crippen molar-refractivity contribution >= 4 is 17.4 Å². The van der Waals surface area contributed by atoms with Crippen molar-refractivity contribution in [1.82, 2.24) is 15.5 Å². The van der Waals surface area contributed by atoms with E-state index in [0.717, 1.165) is 31.9 Å². The molecule has 2 heterocycles. The molecule has 128 valence electrons. The van der Waals surface area contributed by atoms with Crippen LogP contribution in [0.25, 0.3) is 0 Å². The monoisotopic (exact) mass is 345 g/mol. The van der Waals surface area contributed by atoms with Crippen LogP contribution in [0.4, 0.5) is 4.79 Å². The Kier molecular flexibility index (Phi) is 6.23. The maximum absolute atomic E-state index is 12.1. The SMILES string of the molecule is O=C(NCc1ccccc1)NCC(c1cccs1)N1CCOCC1. The number of hydrogen-bond donors (Lipinski definition) is 2. The van der Waals surface area contributed by atoms with Crippen LogP contribution in [-0.4, -0.2) is 43.8 Å². The molecule has 1 saturated heterocycles. The van der Waals surface area contributed by atoms with Gasteiger partial charge >= 0.3 is 6.03 Å². The fourth-order valence-electron chi connectivity index (χ4n) is 2.81. The molecule has 6 heteroatoms. The molecule has 1 fully saturated rings. The highest BCUT2D eigenvalue weighted by Crippen LogP contribution is 2.25. The van der Waals surface area contributed by atoms with Crippen LogP contribution < -0.4 is 10.6 Å². The molecule has 1 aromatic heterocycles. The Bertz CT molecular complexity index is 612. The lowest BCUT2D eigenvalue weighted by molar-refractivity contribution is 0.0174. The summed E-state index contributed by atoms with van der Waals surface area (Å²) < 4.78 is 5.44. The molecule has 5 nitrogen and oxygen atoms in total. The summed E-state index contributed by atoms with van der Waals surface area (Å²) in [5.74, 6) is 0. The molecule has 3 rings (SSSR count). The maximum Gasteiger partial charge on any atom is 0.315 e. The van der Waals surface area contributed by atoms with Gasteiger partial charge in [-0.2, -0.15) is 0 Å². The number of rotatable bonds is 6. The van der Waals surface area contributed by atoms with Crippen molar-refractivity contribution in [2.24, 2.45) is 0 Å². The standard InChI is InChI=1S/C18H23N3O2S/c22-18(19-13-15-5-2-1-3-6-15)20-14-16(17-7-4-12-24-17)21-8-10-23-11-9-21/h1-7,12,16H,8-11,13-14H2,(H2,19,20,22). The Morgan fingerprint density at radius 3 is 2.62 bits per heavy atom. The quantitative estimate of drug-likeness (QED) is 0.846. The zero-order valence-corrected chi connectivity index (χ0v) is 14.4. The fraction of sp³-hybridized carbons (Fsp3) is 0.389. The predicted octanol–water partition coefficient (Wildman–Crippen LogP) is 2.62. The lowest BCUT2D eigenvalue weighted by Crippen LogP contribution is -2.45. The molecule has 0 radical (unpaired) electrons. The summed E-state index contributed by atoms with van der Waals surface area (Å²) in [5.41, 5.74) is 1.09. The van der Waals surface area contributed by atoms with Gasteiger partial charge in [-0.1, -0.05) is 36.4 Å². The van der Waals surface area contributed by atoms with Crippen molar-refractivity contribution in [3.05, 3.63) is 58.3 Å². The number of thiophene rings is 1. The topological polar surface area (TPSA) is 53.6 Å². The number of urea groups is 1. The summed E-state index contributed by atoms with van der Waals surface area (Å²) in [5, 5.41) is 8.01. The summed E-state index contributed by atoms with van der Waals surface area (Å²) in [6, 6.07) is 14.2.